The Bertz CT molecular complexity index is 758. The Morgan fingerprint density at radius 3 is 2.87 bits per heavy atom. The summed E-state index contributed by atoms with van der Waals surface area (Å²) in [5, 5.41) is 23.6. The molecular weight excluding hydrogens is 463 g/mol. The Labute approximate surface area is 184 Å². The first kappa shape index (κ1) is 25.6. The molecule has 9 nitrogen and oxygen atoms in total. The summed E-state index contributed by atoms with van der Waals surface area (Å²) in [4.78, 5) is 24.0. The van der Waals surface area contributed by atoms with Crippen LogP contribution in [0.3, 0.4) is 0 Å². The molecule has 1 fully saturated rings. The monoisotopic (exact) mass is 485 g/mol. The molecule has 1 saturated heterocycles. The molecule has 4 N–H and O–H groups in total. The largest absolute Gasteiger partial charge is 0.471 e. The van der Waals surface area contributed by atoms with Crippen molar-refractivity contribution in [3.05, 3.63) is 11.8 Å². The van der Waals surface area contributed by atoms with E-state index in [0.29, 0.717) is 0 Å². The summed E-state index contributed by atoms with van der Waals surface area (Å²) in [5.41, 5.74) is -0.322. The molecule has 0 aromatic heterocycles. The molecule has 0 aromatic rings. The van der Waals surface area contributed by atoms with Crippen molar-refractivity contribution >= 4 is 33.4 Å². The predicted molar refractivity (Wildman–Crippen MR) is 107 cm³/mol. The van der Waals surface area contributed by atoms with E-state index in [1.54, 1.807) is 5.32 Å². The zero-order valence-corrected chi connectivity index (χ0v) is 18.1. The van der Waals surface area contributed by atoms with E-state index in [2.05, 4.69) is 17.2 Å². The molecule has 0 aliphatic carbocycles. The first-order valence-electron chi connectivity index (χ1n) is 9.00. The highest BCUT2D eigenvalue weighted by Gasteiger charge is 2.42. The molecule has 0 saturated carbocycles. The lowest BCUT2D eigenvalue weighted by atomic mass is 10.1. The van der Waals surface area contributed by atoms with Crippen molar-refractivity contribution < 1.29 is 42.4 Å². The zero-order chi connectivity index (χ0) is 23.2. The normalized spacial score (nSPS) is 27.1. The highest BCUT2D eigenvalue weighted by molar-refractivity contribution is 8.76. The van der Waals surface area contributed by atoms with Gasteiger partial charge in [-0.1, -0.05) is 33.4 Å². The fourth-order valence-corrected chi connectivity index (χ4v) is 4.25. The molecule has 0 radical (unpaired) electrons. The van der Waals surface area contributed by atoms with Gasteiger partial charge in [-0.15, -0.1) is 0 Å². The summed E-state index contributed by atoms with van der Waals surface area (Å²) in [7, 11) is 3.01. The average molecular weight is 486 g/mol. The molecule has 0 bridgehead atoms. The third-order valence-corrected chi connectivity index (χ3v) is 6.14. The lowest BCUT2D eigenvalue weighted by molar-refractivity contribution is -0.173. The maximum atomic E-state index is 12.2. The van der Waals surface area contributed by atoms with Crippen LogP contribution in [0.1, 0.15) is 13.3 Å². The molecule has 5 atom stereocenters. The Kier molecular flexibility index (Phi) is 9.34. The number of nitrogens with zero attached hydrogens (tertiary/aromatic N) is 1. The third-order valence-electron chi connectivity index (χ3n) is 4.17. The highest BCUT2D eigenvalue weighted by Crippen LogP contribution is 2.32. The second-order valence-corrected chi connectivity index (χ2v) is 9.14. The van der Waals surface area contributed by atoms with Crippen molar-refractivity contribution in [1.29, 1.82) is 0 Å². The first-order chi connectivity index (χ1) is 14.6. The number of amides is 2. The molecule has 2 aliphatic rings. The maximum Gasteiger partial charge on any atom is 0.471 e. The topological polar surface area (TPSA) is 120 Å². The van der Waals surface area contributed by atoms with Crippen LogP contribution in [0.4, 0.5) is 13.2 Å². The fourth-order valence-electron chi connectivity index (χ4n) is 2.84. The lowest BCUT2D eigenvalue weighted by Gasteiger charge is -2.35. The van der Waals surface area contributed by atoms with E-state index in [-0.39, 0.29) is 24.0 Å². The van der Waals surface area contributed by atoms with Crippen molar-refractivity contribution in [2.45, 2.75) is 49.7 Å². The van der Waals surface area contributed by atoms with Crippen molar-refractivity contribution in [3.63, 3.8) is 0 Å². The van der Waals surface area contributed by atoms with Crippen LogP contribution in [0, 0.1) is 11.8 Å². The number of halogens is 3. The van der Waals surface area contributed by atoms with Crippen LogP contribution in [0.15, 0.2) is 11.8 Å². The summed E-state index contributed by atoms with van der Waals surface area (Å²) < 4.78 is 48.1. The molecule has 2 aliphatic heterocycles. The van der Waals surface area contributed by atoms with Crippen molar-refractivity contribution in [2.24, 2.45) is 0 Å². The molecule has 2 heterocycles. The van der Waals surface area contributed by atoms with Gasteiger partial charge in [0, 0.05) is 12.6 Å². The average Bonchev–Trinajstić information content (AvgIpc) is 3.08. The Morgan fingerprint density at radius 2 is 2.26 bits per heavy atom. The third kappa shape index (κ3) is 7.19. The molecule has 0 aromatic carbocycles. The van der Waals surface area contributed by atoms with E-state index in [4.69, 9.17) is 9.47 Å². The first-order valence-corrected chi connectivity index (χ1v) is 11.6. The van der Waals surface area contributed by atoms with Crippen LogP contribution in [-0.4, -0.2) is 82.7 Å². The van der Waals surface area contributed by atoms with Crippen LogP contribution in [0.5, 0.6) is 0 Å². The van der Waals surface area contributed by atoms with Gasteiger partial charge in [-0.3, -0.25) is 9.59 Å². The predicted octanol–water partition coefficient (Wildman–Crippen LogP) is 0.110. The highest BCUT2D eigenvalue weighted by atomic mass is 33.1. The van der Waals surface area contributed by atoms with Crippen LogP contribution in [0.2, 0.25) is 0 Å². The Hall–Kier alpha value is -1.63. The van der Waals surface area contributed by atoms with Crippen LogP contribution in [0.25, 0.3) is 0 Å². The van der Waals surface area contributed by atoms with Gasteiger partial charge in [-0.2, -0.15) is 13.2 Å². The van der Waals surface area contributed by atoms with E-state index in [1.807, 2.05) is 13.2 Å². The summed E-state index contributed by atoms with van der Waals surface area (Å²) in [5.74, 6) is 1.73. The SMILES string of the molecule is CSS[C@@H](C)OC1C[C@H](N2C=C(C#CCNC(=O)C(F)(F)F)C(=O)NC2O)O[C@@H]1CO. The van der Waals surface area contributed by atoms with Gasteiger partial charge in [0.2, 0.25) is 6.35 Å². The minimum absolute atomic E-state index is 0.147. The van der Waals surface area contributed by atoms with Gasteiger partial charge in [-0.05, 0) is 13.2 Å². The molecular formula is C17H22F3N3O6S2. The summed E-state index contributed by atoms with van der Waals surface area (Å²) in [6.07, 6.45) is -4.96. The molecule has 14 heteroatoms. The molecule has 2 rings (SSSR count). The molecule has 2 amide bonds. The van der Waals surface area contributed by atoms with E-state index in [0.717, 1.165) is 0 Å². The smallest absolute Gasteiger partial charge is 0.394 e. The minimum Gasteiger partial charge on any atom is -0.394 e. The van der Waals surface area contributed by atoms with E-state index in [1.165, 1.54) is 32.7 Å². The molecule has 31 heavy (non-hydrogen) atoms. The van der Waals surface area contributed by atoms with Crippen molar-refractivity contribution in [2.75, 3.05) is 19.4 Å². The number of hydrogen-bond donors (Lipinski definition) is 4. The lowest BCUT2D eigenvalue weighted by Crippen LogP contribution is -2.53. The number of carbonyl (C=O) groups excluding carboxylic acids is 2. The number of hydrogen-bond acceptors (Lipinski definition) is 9. The number of carbonyl (C=O) groups is 2. The van der Waals surface area contributed by atoms with Crippen molar-refractivity contribution in [1.82, 2.24) is 15.5 Å². The number of nitrogens with one attached hydrogen (secondary N) is 2. The van der Waals surface area contributed by atoms with Crippen LogP contribution >= 0.6 is 21.6 Å². The van der Waals surface area contributed by atoms with E-state index < -0.39 is 49.3 Å². The Morgan fingerprint density at radius 1 is 1.55 bits per heavy atom. The van der Waals surface area contributed by atoms with Gasteiger partial charge in [0.25, 0.3) is 5.91 Å². The summed E-state index contributed by atoms with van der Waals surface area (Å²) in [6, 6.07) is 0. The standard InChI is InChI=1S/C17H22F3N3O6S2/c1-9(31-30-2)28-11-6-13(29-12(11)8-24)23-7-10(14(25)22-16(23)27)4-3-5-21-15(26)17(18,19)20/h7,9,11-13,16,24,27H,5-6,8H2,1-2H3,(H,21,26)(H,22,25)/t9-,11?,12+,13+,16?/m0/s1. The molecule has 174 valence electrons. The van der Waals surface area contributed by atoms with Gasteiger partial charge < -0.3 is 35.2 Å². The fraction of sp³-hybridized carbons (Fsp3) is 0.647. The van der Waals surface area contributed by atoms with Gasteiger partial charge in [0.15, 0.2) is 0 Å². The van der Waals surface area contributed by atoms with Gasteiger partial charge in [0.05, 0.1) is 19.3 Å². The minimum atomic E-state index is -5.03. The number of alkyl halides is 3. The molecule has 2 unspecified atom stereocenters. The summed E-state index contributed by atoms with van der Waals surface area (Å²) >= 11 is 0. The van der Waals surface area contributed by atoms with Crippen molar-refractivity contribution in [3.8, 4) is 11.8 Å². The summed E-state index contributed by atoms with van der Waals surface area (Å²) in [6.45, 7) is 0.909. The number of aliphatic hydroxyl groups excluding tert-OH is 2. The van der Waals surface area contributed by atoms with Gasteiger partial charge in [-0.25, -0.2) is 0 Å². The number of ether oxygens (including phenoxy) is 2. The van der Waals surface area contributed by atoms with Gasteiger partial charge >= 0.3 is 12.1 Å². The number of aliphatic hydroxyl groups is 2. The maximum absolute atomic E-state index is 12.2. The Balaban J connectivity index is 2.06. The second-order valence-electron chi connectivity index (χ2n) is 6.37. The van der Waals surface area contributed by atoms with Crippen LogP contribution in [-0.2, 0) is 19.1 Å². The molecule has 0 spiro atoms. The van der Waals surface area contributed by atoms with E-state index in [9.17, 15) is 33.0 Å². The van der Waals surface area contributed by atoms with Crippen LogP contribution < -0.4 is 10.6 Å². The van der Waals surface area contributed by atoms with E-state index >= 15 is 0 Å². The quantitative estimate of drug-likeness (QED) is 0.226. The zero-order valence-electron chi connectivity index (χ0n) is 16.5. The second kappa shape index (κ2) is 11.3. The van der Waals surface area contributed by atoms with Gasteiger partial charge in [0.1, 0.15) is 23.3 Å². The number of rotatable bonds is 7.